The first-order valence-corrected chi connectivity index (χ1v) is 11.3. The van der Waals surface area contributed by atoms with Gasteiger partial charge in [-0.2, -0.15) is 0 Å². The normalized spacial score (nSPS) is 19.5. The van der Waals surface area contributed by atoms with Gasteiger partial charge in [-0.05, 0) is 44.4 Å². The fraction of sp³-hybridized carbons (Fsp3) is 0.440. The summed E-state index contributed by atoms with van der Waals surface area (Å²) < 4.78 is 8.29. The van der Waals surface area contributed by atoms with Gasteiger partial charge in [0, 0.05) is 32.7 Å². The van der Waals surface area contributed by atoms with Gasteiger partial charge in [0.25, 0.3) is 0 Å². The van der Waals surface area contributed by atoms with Crippen molar-refractivity contribution in [1.29, 1.82) is 0 Å². The van der Waals surface area contributed by atoms with Gasteiger partial charge in [0.1, 0.15) is 12.4 Å². The molecule has 0 spiro atoms. The first kappa shape index (κ1) is 21.4. The van der Waals surface area contributed by atoms with Gasteiger partial charge in [0.2, 0.25) is 0 Å². The molecule has 2 N–H and O–H groups in total. The maximum atomic E-state index is 6.17. The van der Waals surface area contributed by atoms with Gasteiger partial charge in [-0.15, -0.1) is 0 Å². The number of aryl methyl sites for hydroxylation is 2. The molecule has 31 heavy (non-hydrogen) atoms. The third-order valence-electron chi connectivity index (χ3n) is 5.98. The van der Waals surface area contributed by atoms with Crippen LogP contribution in [-0.2, 0) is 18.3 Å². The summed E-state index contributed by atoms with van der Waals surface area (Å²) in [5, 5.41) is 6.92. The number of guanidine groups is 1. The number of nitrogens with zero attached hydrogens (tertiary/aromatic N) is 3. The minimum absolute atomic E-state index is 0.129. The van der Waals surface area contributed by atoms with Crippen LogP contribution in [0.4, 0.5) is 0 Å². The highest BCUT2D eigenvalue weighted by atomic mass is 16.5. The van der Waals surface area contributed by atoms with Crippen LogP contribution in [0.1, 0.15) is 42.8 Å². The lowest BCUT2D eigenvalue weighted by Crippen LogP contribution is -2.42. The van der Waals surface area contributed by atoms with E-state index in [1.165, 1.54) is 11.1 Å². The molecular weight excluding hydrogens is 386 g/mol. The van der Waals surface area contributed by atoms with Crippen LogP contribution in [0.5, 0.6) is 0 Å². The second-order valence-corrected chi connectivity index (χ2v) is 8.26. The molecule has 0 bridgehead atoms. The van der Waals surface area contributed by atoms with E-state index in [1.54, 1.807) is 0 Å². The quantitative estimate of drug-likeness (QED) is 0.466. The lowest BCUT2D eigenvalue weighted by Gasteiger charge is -2.32. The molecule has 2 heterocycles. The Kier molecular flexibility index (Phi) is 6.87. The van der Waals surface area contributed by atoms with E-state index in [2.05, 4.69) is 59.4 Å². The summed E-state index contributed by atoms with van der Waals surface area (Å²) in [7, 11) is 2.05. The van der Waals surface area contributed by atoms with Crippen molar-refractivity contribution in [2.75, 3.05) is 19.7 Å². The minimum Gasteiger partial charge on any atom is -0.373 e. The zero-order valence-electron chi connectivity index (χ0n) is 18.8. The van der Waals surface area contributed by atoms with Gasteiger partial charge >= 0.3 is 0 Å². The molecule has 2 unspecified atom stereocenters. The molecule has 0 amide bonds. The number of hydrogen-bond acceptors (Lipinski definition) is 3. The van der Waals surface area contributed by atoms with Crippen molar-refractivity contribution < 1.29 is 4.74 Å². The van der Waals surface area contributed by atoms with E-state index < -0.39 is 0 Å². The van der Waals surface area contributed by atoms with E-state index >= 15 is 0 Å². The Morgan fingerprint density at radius 2 is 1.97 bits per heavy atom. The fourth-order valence-corrected chi connectivity index (χ4v) is 4.23. The van der Waals surface area contributed by atoms with Crippen molar-refractivity contribution >= 4 is 17.0 Å². The zero-order valence-corrected chi connectivity index (χ0v) is 18.8. The van der Waals surface area contributed by atoms with Crippen molar-refractivity contribution in [3.8, 4) is 0 Å². The zero-order chi connectivity index (χ0) is 21.6. The van der Waals surface area contributed by atoms with Gasteiger partial charge in [-0.25, -0.2) is 9.98 Å². The Bertz CT molecular complexity index is 1020. The second kappa shape index (κ2) is 9.96. The number of benzene rings is 2. The molecule has 0 radical (unpaired) electrons. The van der Waals surface area contributed by atoms with E-state index in [4.69, 9.17) is 14.7 Å². The SMILES string of the molecule is CCNC(=NCc1nc2ccccc2n1C)NCC1CCCOC1c1ccc(C)cc1. The van der Waals surface area contributed by atoms with Crippen molar-refractivity contribution in [1.82, 2.24) is 20.2 Å². The number of para-hydroxylation sites is 2. The molecule has 6 heteroatoms. The highest BCUT2D eigenvalue weighted by Gasteiger charge is 2.27. The summed E-state index contributed by atoms with van der Waals surface area (Å²) in [4.78, 5) is 9.54. The van der Waals surface area contributed by atoms with Crippen LogP contribution in [0.25, 0.3) is 11.0 Å². The number of imidazole rings is 1. The van der Waals surface area contributed by atoms with Gasteiger partial charge in [-0.1, -0.05) is 42.0 Å². The van der Waals surface area contributed by atoms with Gasteiger partial charge < -0.3 is 19.9 Å². The van der Waals surface area contributed by atoms with E-state index in [0.717, 1.165) is 55.4 Å². The molecule has 4 rings (SSSR count). The molecule has 2 aromatic carbocycles. The molecule has 1 aliphatic heterocycles. The van der Waals surface area contributed by atoms with Crippen LogP contribution >= 0.6 is 0 Å². The van der Waals surface area contributed by atoms with E-state index in [0.29, 0.717) is 12.5 Å². The van der Waals surface area contributed by atoms with E-state index in [1.807, 2.05) is 25.2 Å². The number of ether oxygens (including phenoxy) is 1. The third-order valence-corrected chi connectivity index (χ3v) is 5.98. The number of rotatable bonds is 6. The van der Waals surface area contributed by atoms with Crippen molar-refractivity contribution in [2.45, 2.75) is 39.3 Å². The fourth-order valence-electron chi connectivity index (χ4n) is 4.23. The minimum atomic E-state index is 0.129. The molecule has 1 aromatic heterocycles. The van der Waals surface area contributed by atoms with Crippen LogP contribution in [0.15, 0.2) is 53.5 Å². The summed E-state index contributed by atoms with van der Waals surface area (Å²) in [6, 6.07) is 16.9. The second-order valence-electron chi connectivity index (χ2n) is 8.26. The lowest BCUT2D eigenvalue weighted by molar-refractivity contribution is -0.0265. The summed E-state index contributed by atoms with van der Waals surface area (Å²) in [5.41, 5.74) is 4.68. The van der Waals surface area contributed by atoms with Gasteiger partial charge in [0.15, 0.2) is 5.96 Å². The van der Waals surface area contributed by atoms with Crippen molar-refractivity contribution in [2.24, 2.45) is 18.0 Å². The van der Waals surface area contributed by atoms with Crippen LogP contribution in [0.2, 0.25) is 0 Å². The highest BCUT2D eigenvalue weighted by Crippen LogP contribution is 2.33. The highest BCUT2D eigenvalue weighted by molar-refractivity contribution is 5.80. The topological polar surface area (TPSA) is 63.5 Å². The summed E-state index contributed by atoms with van der Waals surface area (Å²) in [5.74, 6) is 2.19. The maximum Gasteiger partial charge on any atom is 0.191 e. The maximum absolute atomic E-state index is 6.17. The number of nitrogens with one attached hydrogen (secondary N) is 2. The monoisotopic (exact) mass is 419 g/mol. The van der Waals surface area contributed by atoms with E-state index in [-0.39, 0.29) is 6.10 Å². The number of fused-ring (bicyclic) bond motifs is 1. The van der Waals surface area contributed by atoms with Crippen LogP contribution in [0, 0.1) is 12.8 Å². The third kappa shape index (κ3) is 5.07. The number of aliphatic imine (C=N–C) groups is 1. The molecule has 6 nitrogen and oxygen atoms in total. The molecule has 164 valence electrons. The van der Waals surface area contributed by atoms with Crippen molar-refractivity contribution in [3.05, 3.63) is 65.5 Å². The lowest BCUT2D eigenvalue weighted by atomic mass is 9.89. The van der Waals surface area contributed by atoms with Crippen LogP contribution < -0.4 is 10.6 Å². The Morgan fingerprint density at radius 1 is 1.16 bits per heavy atom. The molecular formula is C25H33N5O. The molecule has 1 fully saturated rings. The Morgan fingerprint density at radius 3 is 2.74 bits per heavy atom. The Labute approximate surface area is 184 Å². The first-order valence-electron chi connectivity index (χ1n) is 11.3. The number of aromatic nitrogens is 2. The smallest absolute Gasteiger partial charge is 0.191 e. The molecule has 1 aliphatic rings. The van der Waals surface area contributed by atoms with Crippen LogP contribution in [0.3, 0.4) is 0 Å². The standard InChI is InChI=1S/C25H33N5O/c1-4-26-25(28-17-23-29-21-9-5-6-10-22(21)30(23)3)27-16-20-8-7-15-31-24(20)19-13-11-18(2)12-14-19/h5-6,9-14,20,24H,4,7-8,15-17H2,1-3H3,(H2,26,27,28). The Balaban J connectivity index is 1.44. The van der Waals surface area contributed by atoms with E-state index in [9.17, 15) is 0 Å². The molecule has 0 saturated carbocycles. The summed E-state index contributed by atoms with van der Waals surface area (Å²) in [6.07, 6.45) is 2.38. The Hall–Kier alpha value is -2.86. The summed E-state index contributed by atoms with van der Waals surface area (Å²) >= 11 is 0. The van der Waals surface area contributed by atoms with Crippen molar-refractivity contribution in [3.63, 3.8) is 0 Å². The molecule has 1 saturated heterocycles. The van der Waals surface area contributed by atoms with Gasteiger partial charge in [0.05, 0.1) is 17.1 Å². The average Bonchev–Trinajstić information content (AvgIpc) is 3.12. The predicted molar refractivity (Wildman–Crippen MR) is 126 cm³/mol. The molecule has 2 atom stereocenters. The largest absolute Gasteiger partial charge is 0.373 e. The number of hydrogen-bond donors (Lipinski definition) is 2. The molecule has 3 aromatic rings. The van der Waals surface area contributed by atoms with Crippen LogP contribution in [-0.4, -0.2) is 35.2 Å². The first-order chi connectivity index (χ1) is 15.2. The summed E-state index contributed by atoms with van der Waals surface area (Å²) in [6.45, 7) is 7.21. The molecule has 0 aliphatic carbocycles. The average molecular weight is 420 g/mol. The predicted octanol–water partition coefficient (Wildman–Crippen LogP) is 4.10. The van der Waals surface area contributed by atoms with Gasteiger partial charge in [-0.3, -0.25) is 0 Å².